The number of pyridine rings is 2. The molecule has 0 bridgehead atoms. The molecule has 4 N–H and O–H groups in total. The van der Waals surface area contributed by atoms with Crippen LogP contribution in [-0.4, -0.2) is 15.9 Å². The van der Waals surface area contributed by atoms with Gasteiger partial charge in [-0.3, -0.25) is 15.6 Å². The van der Waals surface area contributed by atoms with Gasteiger partial charge in [-0.2, -0.15) is 0 Å². The maximum absolute atomic E-state index is 12.1. The minimum Gasteiger partial charge on any atom is -0.323 e. The number of amides is 1. The lowest BCUT2D eigenvalue weighted by molar-refractivity contribution is 0.102. The van der Waals surface area contributed by atoms with Crippen molar-refractivity contribution in [3.05, 3.63) is 60.6 Å². The van der Waals surface area contributed by atoms with E-state index in [1.54, 1.807) is 18.3 Å². The highest BCUT2D eigenvalue weighted by molar-refractivity contribution is 6.03. The predicted octanol–water partition coefficient (Wildman–Crippen LogP) is 2.17. The molecule has 1 amide bonds. The summed E-state index contributed by atoms with van der Waals surface area (Å²) in [4.78, 5) is 20.4. The number of aromatic nitrogens is 2. The van der Waals surface area contributed by atoms with Crippen LogP contribution in [0.25, 0.3) is 10.9 Å². The van der Waals surface area contributed by atoms with E-state index in [2.05, 4.69) is 20.7 Å². The number of benzene rings is 1. The molecule has 104 valence electrons. The van der Waals surface area contributed by atoms with E-state index in [0.29, 0.717) is 17.1 Å². The SMILES string of the molecule is NNc1ccc(C(=O)Nc2cnc3ccccc3c2)nc1. The number of carbonyl (C=O) groups excluding carboxylic acids is 1. The number of hydrazine groups is 1. The number of nitrogens with two attached hydrogens (primary N) is 1. The van der Waals surface area contributed by atoms with Gasteiger partial charge in [0.15, 0.2) is 0 Å². The quantitative estimate of drug-likeness (QED) is 0.504. The van der Waals surface area contributed by atoms with E-state index in [0.717, 1.165) is 10.9 Å². The molecule has 0 aliphatic carbocycles. The van der Waals surface area contributed by atoms with Crippen LogP contribution in [0, 0.1) is 0 Å². The number of carbonyl (C=O) groups is 1. The Balaban J connectivity index is 1.81. The normalized spacial score (nSPS) is 10.3. The summed E-state index contributed by atoms with van der Waals surface area (Å²) in [6.07, 6.45) is 3.11. The molecule has 0 fully saturated rings. The number of anilines is 2. The fourth-order valence-electron chi connectivity index (χ4n) is 1.95. The summed E-state index contributed by atoms with van der Waals surface area (Å²) in [5.41, 5.74) is 4.91. The van der Waals surface area contributed by atoms with E-state index in [1.807, 2.05) is 30.3 Å². The highest BCUT2D eigenvalue weighted by Crippen LogP contribution is 2.16. The first-order chi connectivity index (χ1) is 10.3. The molecule has 0 saturated carbocycles. The van der Waals surface area contributed by atoms with Crippen LogP contribution in [-0.2, 0) is 0 Å². The first-order valence-corrected chi connectivity index (χ1v) is 6.35. The molecule has 0 spiro atoms. The fraction of sp³-hybridized carbons (Fsp3) is 0. The highest BCUT2D eigenvalue weighted by Gasteiger charge is 2.08. The summed E-state index contributed by atoms with van der Waals surface area (Å²) in [6, 6.07) is 12.9. The highest BCUT2D eigenvalue weighted by atomic mass is 16.1. The van der Waals surface area contributed by atoms with E-state index < -0.39 is 0 Å². The molecule has 0 atom stereocenters. The van der Waals surface area contributed by atoms with Crippen LogP contribution in [0.5, 0.6) is 0 Å². The fourth-order valence-corrected chi connectivity index (χ4v) is 1.95. The second kappa shape index (κ2) is 5.56. The molecule has 2 heterocycles. The third-order valence-electron chi connectivity index (χ3n) is 3.01. The molecule has 0 saturated heterocycles. The van der Waals surface area contributed by atoms with E-state index in [1.165, 1.54) is 6.20 Å². The van der Waals surface area contributed by atoms with Crippen LogP contribution in [0.15, 0.2) is 54.9 Å². The van der Waals surface area contributed by atoms with Crippen LogP contribution in [0.1, 0.15) is 10.5 Å². The maximum atomic E-state index is 12.1. The Morgan fingerprint density at radius 3 is 2.57 bits per heavy atom. The smallest absolute Gasteiger partial charge is 0.274 e. The topological polar surface area (TPSA) is 92.9 Å². The third kappa shape index (κ3) is 2.80. The van der Waals surface area contributed by atoms with Crippen LogP contribution >= 0.6 is 0 Å². The van der Waals surface area contributed by atoms with Gasteiger partial charge < -0.3 is 10.7 Å². The monoisotopic (exact) mass is 279 g/mol. The Bertz CT molecular complexity index is 785. The minimum atomic E-state index is -0.296. The molecular weight excluding hydrogens is 266 g/mol. The molecule has 0 unspecified atom stereocenters. The summed E-state index contributed by atoms with van der Waals surface area (Å²) in [7, 11) is 0. The van der Waals surface area contributed by atoms with Crippen molar-refractivity contribution in [1.29, 1.82) is 0 Å². The number of para-hydroxylation sites is 1. The Morgan fingerprint density at radius 1 is 1.00 bits per heavy atom. The lowest BCUT2D eigenvalue weighted by atomic mass is 10.2. The summed E-state index contributed by atoms with van der Waals surface area (Å²) >= 11 is 0. The number of hydrogen-bond donors (Lipinski definition) is 3. The standard InChI is InChI=1S/C15H13N5O/c16-20-11-5-6-14(18-8-11)15(21)19-12-7-10-3-1-2-4-13(10)17-9-12/h1-9,20H,16H2,(H,19,21). The maximum Gasteiger partial charge on any atom is 0.274 e. The first-order valence-electron chi connectivity index (χ1n) is 6.35. The average Bonchev–Trinajstić information content (AvgIpc) is 2.55. The first kappa shape index (κ1) is 13.0. The number of nitrogens with one attached hydrogen (secondary N) is 2. The van der Waals surface area contributed by atoms with Crippen molar-refractivity contribution in [3.63, 3.8) is 0 Å². The predicted molar refractivity (Wildman–Crippen MR) is 81.7 cm³/mol. The van der Waals surface area contributed by atoms with E-state index in [9.17, 15) is 4.79 Å². The number of fused-ring (bicyclic) bond motifs is 1. The lowest BCUT2D eigenvalue weighted by Gasteiger charge is -2.06. The zero-order chi connectivity index (χ0) is 14.7. The molecular formula is C15H13N5O. The molecule has 2 aromatic heterocycles. The number of rotatable bonds is 3. The number of hydrogen-bond acceptors (Lipinski definition) is 5. The third-order valence-corrected chi connectivity index (χ3v) is 3.01. The van der Waals surface area contributed by atoms with Crippen LogP contribution in [0.2, 0.25) is 0 Å². The van der Waals surface area contributed by atoms with Crippen molar-refractivity contribution in [2.24, 2.45) is 5.84 Å². The Hall–Kier alpha value is -2.99. The molecule has 0 aliphatic rings. The Morgan fingerprint density at radius 2 is 1.81 bits per heavy atom. The largest absolute Gasteiger partial charge is 0.323 e. The van der Waals surface area contributed by atoms with Crippen molar-refractivity contribution in [2.75, 3.05) is 10.7 Å². The molecule has 3 rings (SSSR count). The van der Waals surface area contributed by atoms with Crippen LogP contribution in [0.4, 0.5) is 11.4 Å². The van der Waals surface area contributed by atoms with Gasteiger partial charge in [0, 0.05) is 5.39 Å². The van der Waals surface area contributed by atoms with Crippen molar-refractivity contribution in [2.45, 2.75) is 0 Å². The zero-order valence-electron chi connectivity index (χ0n) is 11.1. The molecule has 0 radical (unpaired) electrons. The molecule has 6 nitrogen and oxygen atoms in total. The molecule has 0 aliphatic heterocycles. The second-order valence-electron chi connectivity index (χ2n) is 4.45. The molecule has 3 aromatic rings. The van der Waals surface area contributed by atoms with Gasteiger partial charge in [-0.25, -0.2) is 4.98 Å². The van der Waals surface area contributed by atoms with Gasteiger partial charge in [-0.15, -0.1) is 0 Å². The molecule has 1 aromatic carbocycles. The van der Waals surface area contributed by atoms with Gasteiger partial charge in [0.1, 0.15) is 5.69 Å². The molecule has 6 heteroatoms. The van der Waals surface area contributed by atoms with Crippen LogP contribution < -0.4 is 16.6 Å². The Kier molecular flexibility index (Phi) is 3.44. The lowest BCUT2D eigenvalue weighted by Crippen LogP contribution is -2.14. The van der Waals surface area contributed by atoms with Gasteiger partial charge in [0.2, 0.25) is 0 Å². The van der Waals surface area contributed by atoms with Gasteiger partial charge in [0.05, 0.1) is 29.3 Å². The van der Waals surface area contributed by atoms with Gasteiger partial charge in [-0.1, -0.05) is 18.2 Å². The molecule has 21 heavy (non-hydrogen) atoms. The minimum absolute atomic E-state index is 0.296. The summed E-state index contributed by atoms with van der Waals surface area (Å²) in [6.45, 7) is 0. The van der Waals surface area contributed by atoms with Crippen molar-refractivity contribution >= 4 is 28.2 Å². The summed E-state index contributed by atoms with van der Waals surface area (Å²) in [5, 5.41) is 3.74. The summed E-state index contributed by atoms with van der Waals surface area (Å²) < 4.78 is 0. The number of nitrogen functional groups attached to an aromatic ring is 1. The van der Waals surface area contributed by atoms with Crippen molar-refractivity contribution in [1.82, 2.24) is 9.97 Å². The van der Waals surface area contributed by atoms with Gasteiger partial charge in [0.25, 0.3) is 5.91 Å². The zero-order valence-corrected chi connectivity index (χ0v) is 11.1. The second-order valence-corrected chi connectivity index (χ2v) is 4.45. The number of nitrogens with zero attached hydrogens (tertiary/aromatic N) is 2. The Labute approximate surface area is 121 Å². The summed E-state index contributed by atoms with van der Waals surface area (Å²) in [5.74, 6) is 4.96. The van der Waals surface area contributed by atoms with E-state index in [-0.39, 0.29) is 5.91 Å². The van der Waals surface area contributed by atoms with Gasteiger partial charge in [-0.05, 0) is 24.3 Å². The van der Waals surface area contributed by atoms with E-state index >= 15 is 0 Å². The van der Waals surface area contributed by atoms with E-state index in [4.69, 9.17) is 5.84 Å². The van der Waals surface area contributed by atoms with Crippen molar-refractivity contribution < 1.29 is 4.79 Å². The van der Waals surface area contributed by atoms with Crippen molar-refractivity contribution in [3.8, 4) is 0 Å². The van der Waals surface area contributed by atoms with Crippen LogP contribution in [0.3, 0.4) is 0 Å². The van der Waals surface area contributed by atoms with Gasteiger partial charge >= 0.3 is 0 Å². The average molecular weight is 279 g/mol.